The molecule has 0 radical (unpaired) electrons. The molecule has 0 amide bonds. The molecule has 0 aromatic heterocycles. The predicted octanol–water partition coefficient (Wildman–Crippen LogP) is 4.06. The number of hydrogen-bond acceptors (Lipinski definition) is 3. The van der Waals surface area contributed by atoms with Crippen LogP contribution in [0.3, 0.4) is 0 Å². The fraction of sp³-hybridized carbons (Fsp3) is 0.400. The summed E-state index contributed by atoms with van der Waals surface area (Å²) in [5.41, 5.74) is 8.76. The third-order valence-corrected chi connectivity index (χ3v) is 5.87. The van der Waals surface area contributed by atoms with Gasteiger partial charge in [-0.1, -0.05) is 24.3 Å². The number of fused-ring (bicyclic) bond motifs is 1. The lowest BCUT2D eigenvalue weighted by Gasteiger charge is -2.38. The summed E-state index contributed by atoms with van der Waals surface area (Å²) in [6, 6.07) is 13.5. The molecule has 3 nitrogen and oxygen atoms in total. The van der Waals surface area contributed by atoms with E-state index in [1.165, 1.54) is 23.3 Å². The fourth-order valence-corrected chi connectivity index (χ4v) is 4.49. The highest BCUT2D eigenvalue weighted by Crippen LogP contribution is 2.40. The van der Waals surface area contributed by atoms with Gasteiger partial charge in [-0.3, -0.25) is 4.90 Å². The van der Waals surface area contributed by atoms with Gasteiger partial charge in [-0.2, -0.15) is 0 Å². The lowest BCUT2D eigenvalue weighted by atomic mass is 10.0. The van der Waals surface area contributed by atoms with Crippen molar-refractivity contribution in [2.45, 2.75) is 37.5 Å². The molecule has 0 spiro atoms. The van der Waals surface area contributed by atoms with E-state index >= 15 is 0 Å². The van der Waals surface area contributed by atoms with Crippen LogP contribution in [0.4, 0.5) is 4.39 Å². The van der Waals surface area contributed by atoms with Crippen LogP contribution >= 0.6 is 15.9 Å². The summed E-state index contributed by atoms with van der Waals surface area (Å²) in [4.78, 5) is 2.47. The molecule has 25 heavy (non-hydrogen) atoms. The SMILES string of the molecule is N[C@@H]1CCCN([C@@H]2Cc3ccccc3[C@@H]2Oc2ccc(F)cc2Br)C1. The van der Waals surface area contributed by atoms with Crippen LogP contribution in [0.2, 0.25) is 0 Å². The Labute approximate surface area is 156 Å². The minimum Gasteiger partial charge on any atom is -0.483 e. The van der Waals surface area contributed by atoms with E-state index < -0.39 is 0 Å². The first-order valence-electron chi connectivity index (χ1n) is 8.81. The second-order valence-electron chi connectivity index (χ2n) is 6.98. The van der Waals surface area contributed by atoms with Crippen LogP contribution < -0.4 is 10.5 Å². The number of halogens is 2. The standard InChI is InChI=1S/C20H22BrFN2O/c21-17-11-14(22)7-8-19(17)25-20-16-6-2-1-4-13(16)10-18(20)24-9-3-5-15(23)12-24/h1-2,4,6-8,11,15,18,20H,3,5,9-10,12,23H2/t15-,18-,20+/m1/s1. The number of ether oxygens (including phenoxy) is 1. The van der Waals surface area contributed by atoms with Crippen LogP contribution in [0, 0.1) is 5.82 Å². The smallest absolute Gasteiger partial charge is 0.140 e. The van der Waals surface area contributed by atoms with Crippen molar-refractivity contribution in [3.63, 3.8) is 0 Å². The van der Waals surface area contributed by atoms with Crippen molar-refractivity contribution >= 4 is 15.9 Å². The van der Waals surface area contributed by atoms with Gasteiger partial charge in [0.2, 0.25) is 0 Å². The van der Waals surface area contributed by atoms with Crippen LogP contribution in [0.1, 0.15) is 30.1 Å². The average Bonchev–Trinajstić information content (AvgIpc) is 2.96. The number of piperidine rings is 1. The average molecular weight is 405 g/mol. The molecule has 2 N–H and O–H groups in total. The van der Waals surface area contributed by atoms with Crippen LogP contribution in [-0.4, -0.2) is 30.1 Å². The molecule has 1 aliphatic carbocycles. The molecular weight excluding hydrogens is 383 g/mol. The van der Waals surface area contributed by atoms with Gasteiger partial charge >= 0.3 is 0 Å². The fourth-order valence-electron chi connectivity index (χ4n) is 4.05. The van der Waals surface area contributed by atoms with E-state index in [1.807, 2.05) is 0 Å². The molecule has 0 unspecified atom stereocenters. The van der Waals surface area contributed by atoms with E-state index in [4.69, 9.17) is 10.5 Å². The minimum atomic E-state index is -0.274. The first-order valence-corrected chi connectivity index (χ1v) is 9.60. The Kier molecular flexibility index (Phi) is 4.80. The second kappa shape index (κ2) is 7.06. The lowest BCUT2D eigenvalue weighted by Crippen LogP contribution is -2.49. The summed E-state index contributed by atoms with van der Waals surface area (Å²) in [6.07, 6.45) is 3.11. The summed E-state index contributed by atoms with van der Waals surface area (Å²) in [5.74, 6) is 0.402. The summed E-state index contributed by atoms with van der Waals surface area (Å²) >= 11 is 3.42. The van der Waals surface area contributed by atoms with Gasteiger partial charge in [-0.15, -0.1) is 0 Å². The van der Waals surface area contributed by atoms with E-state index in [1.54, 1.807) is 6.07 Å². The van der Waals surface area contributed by atoms with Gasteiger partial charge in [0.15, 0.2) is 0 Å². The highest BCUT2D eigenvalue weighted by Gasteiger charge is 2.39. The van der Waals surface area contributed by atoms with Crippen LogP contribution in [0.15, 0.2) is 46.9 Å². The van der Waals surface area contributed by atoms with Crippen LogP contribution in [0.25, 0.3) is 0 Å². The quantitative estimate of drug-likeness (QED) is 0.837. The van der Waals surface area contributed by atoms with Gasteiger partial charge < -0.3 is 10.5 Å². The topological polar surface area (TPSA) is 38.5 Å². The Bertz CT molecular complexity index is 769. The van der Waals surface area contributed by atoms with Gasteiger partial charge in [0.25, 0.3) is 0 Å². The first-order chi connectivity index (χ1) is 12.1. The summed E-state index contributed by atoms with van der Waals surface area (Å²) in [5, 5.41) is 0. The van der Waals surface area contributed by atoms with E-state index in [0.717, 1.165) is 32.4 Å². The maximum atomic E-state index is 13.4. The van der Waals surface area contributed by atoms with Crippen molar-refractivity contribution in [3.8, 4) is 5.75 Å². The molecule has 3 atom stereocenters. The Morgan fingerprint density at radius 2 is 2.04 bits per heavy atom. The molecule has 132 valence electrons. The monoisotopic (exact) mass is 404 g/mol. The highest BCUT2D eigenvalue weighted by molar-refractivity contribution is 9.10. The van der Waals surface area contributed by atoms with Gasteiger partial charge in [0, 0.05) is 12.6 Å². The molecule has 0 saturated carbocycles. The summed E-state index contributed by atoms with van der Waals surface area (Å²) in [6.45, 7) is 1.96. The van der Waals surface area contributed by atoms with Crippen molar-refractivity contribution < 1.29 is 9.13 Å². The largest absolute Gasteiger partial charge is 0.483 e. The lowest BCUT2D eigenvalue weighted by molar-refractivity contribution is 0.0588. The molecule has 1 fully saturated rings. The van der Waals surface area contributed by atoms with Gasteiger partial charge in [0.05, 0.1) is 10.5 Å². The van der Waals surface area contributed by atoms with E-state index in [0.29, 0.717) is 10.2 Å². The van der Waals surface area contributed by atoms with Crippen molar-refractivity contribution in [2.24, 2.45) is 5.73 Å². The van der Waals surface area contributed by atoms with Gasteiger partial charge in [-0.05, 0) is 71.1 Å². The zero-order valence-electron chi connectivity index (χ0n) is 14.0. The number of benzene rings is 2. The Balaban J connectivity index is 1.65. The van der Waals surface area contributed by atoms with Crippen LogP contribution in [0.5, 0.6) is 5.75 Å². The van der Waals surface area contributed by atoms with E-state index in [2.05, 4.69) is 45.1 Å². The molecule has 2 aromatic rings. The number of nitrogens with two attached hydrogens (primary N) is 1. The number of rotatable bonds is 3. The summed E-state index contributed by atoms with van der Waals surface area (Å²) < 4.78 is 20.4. The van der Waals surface area contributed by atoms with E-state index in [-0.39, 0.29) is 24.0 Å². The zero-order chi connectivity index (χ0) is 17.4. The first kappa shape index (κ1) is 17.0. The molecule has 1 heterocycles. The Hall–Kier alpha value is -1.43. The molecular formula is C20H22BrFN2O. The Morgan fingerprint density at radius 3 is 2.84 bits per heavy atom. The summed E-state index contributed by atoms with van der Waals surface area (Å²) in [7, 11) is 0. The van der Waals surface area contributed by atoms with Gasteiger partial charge in [-0.25, -0.2) is 4.39 Å². The number of nitrogens with zero attached hydrogens (tertiary/aromatic N) is 1. The molecule has 1 aliphatic heterocycles. The molecule has 2 aromatic carbocycles. The second-order valence-corrected chi connectivity index (χ2v) is 7.84. The Morgan fingerprint density at radius 1 is 1.20 bits per heavy atom. The maximum absolute atomic E-state index is 13.4. The maximum Gasteiger partial charge on any atom is 0.140 e. The number of likely N-dealkylation sites (tertiary alicyclic amines) is 1. The molecule has 5 heteroatoms. The third-order valence-electron chi connectivity index (χ3n) is 5.25. The normalized spacial score (nSPS) is 26.4. The third kappa shape index (κ3) is 3.46. The molecule has 0 bridgehead atoms. The van der Waals surface area contributed by atoms with Crippen LogP contribution in [-0.2, 0) is 6.42 Å². The molecule has 4 rings (SSSR count). The van der Waals surface area contributed by atoms with Crippen molar-refractivity contribution in [2.75, 3.05) is 13.1 Å². The van der Waals surface area contributed by atoms with Crippen molar-refractivity contribution in [1.29, 1.82) is 0 Å². The van der Waals surface area contributed by atoms with Crippen molar-refractivity contribution in [3.05, 3.63) is 63.9 Å². The predicted molar refractivity (Wildman–Crippen MR) is 100 cm³/mol. The number of hydrogen-bond donors (Lipinski definition) is 1. The van der Waals surface area contributed by atoms with Crippen molar-refractivity contribution in [1.82, 2.24) is 4.90 Å². The van der Waals surface area contributed by atoms with E-state index in [9.17, 15) is 4.39 Å². The van der Waals surface area contributed by atoms with Gasteiger partial charge in [0.1, 0.15) is 17.7 Å². The molecule has 2 aliphatic rings. The minimum absolute atomic E-state index is 0.0664. The molecule has 1 saturated heterocycles. The highest BCUT2D eigenvalue weighted by atomic mass is 79.9. The zero-order valence-corrected chi connectivity index (χ0v) is 15.6.